The van der Waals surface area contributed by atoms with Crippen molar-refractivity contribution in [2.45, 2.75) is 11.3 Å². The molecule has 0 radical (unpaired) electrons. The first-order valence-electron chi connectivity index (χ1n) is 9.04. The lowest BCUT2D eigenvalue weighted by Gasteiger charge is -2.19. The van der Waals surface area contributed by atoms with E-state index < -0.39 is 10.0 Å². The maximum absolute atomic E-state index is 12.7. The molecule has 7 heteroatoms. The van der Waals surface area contributed by atoms with Crippen LogP contribution in [0.15, 0.2) is 83.8 Å². The number of benzene rings is 3. The van der Waals surface area contributed by atoms with Gasteiger partial charge >= 0.3 is 0 Å². The van der Waals surface area contributed by atoms with Crippen LogP contribution < -0.4 is 9.62 Å². The molecule has 0 heterocycles. The Bertz CT molecular complexity index is 1070. The van der Waals surface area contributed by atoms with Crippen LogP contribution in [0.25, 0.3) is 0 Å². The second-order valence-corrected chi connectivity index (χ2v) is 8.87. The van der Waals surface area contributed by atoms with Gasteiger partial charge in [-0.1, -0.05) is 41.9 Å². The third-order valence-corrected chi connectivity index (χ3v) is 6.56. The van der Waals surface area contributed by atoms with Crippen LogP contribution in [0.1, 0.15) is 15.9 Å². The Morgan fingerprint density at radius 1 is 0.931 bits per heavy atom. The Hall–Kier alpha value is -2.83. The van der Waals surface area contributed by atoms with Crippen molar-refractivity contribution in [1.82, 2.24) is 5.32 Å². The molecule has 3 rings (SSSR count). The van der Waals surface area contributed by atoms with Gasteiger partial charge in [-0.15, -0.1) is 0 Å². The molecule has 0 fully saturated rings. The van der Waals surface area contributed by atoms with Crippen molar-refractivity contribution in [1.29, 1.82) is 0 Å². The van der Waals surface area contributed by atoms with Gasteiger partial charge in [-0.2, -0.15) is 0 Å². The maximum atomic E-state index is 12.7. The van der Waals surface area contributed by atoms with E-state index in [2.05, 4.69) is 5.32 Å². The number of hydrogen-bond acceptors (Lipinski definition) is 3. The van der Waals surface area contributed by atoms with Crippen LogP contribution >= 0.6 is 11.6 Å². The second kappa shape index (κ2) is 9.11. The molecule has 0 aromatic heterocycles. The predicted octanol–water partition coefficient (Wildman–Crippen LogP) is 4.14. The molecule has 0 unspecified atom stereocenters. The molecule has 3 aromatic carbocycles. The monoisotopic (exact) mass is 428 g/mol. The van der Waals surface area contributed by atoms with Crippen LogP contribution in [0.4, 0.5) is 5.69 Å². The lowest BCUT2D eigenvalue weighted by atomic mass is 10.1. The fraction of sp³-hybridized carbons (Fsp3) is 0.136. The molecule has 3 aromatic rings. The maximum Gasteiger partial charge on any atom is 0.264 e. The first kappa shape index (κ1) is 20.9. The van der Waals surface area contributed by atoms with Crippen LogP contribution in [0.3, 0.4) is 0 Å². The zero-order valence-electron chi connectivity index (χ0n) is 15.9. The van der Waals surface area contributed by atoms with Crippen molar-refractivity contribution >= 4 is 33.2 Å². The average molecular weight is 429 g/mol. The van der Waals surface area contributed by atoms with Gasteiger partial charge < -0.3 is 5.32 Å². The fourth-order valence-corrected chi connectivity index (χ4v) is 4.11. The number of amides is 1. The number of carbonyl (C=O) groups excluding carboxylic acids is 1. The number of hydrogen-bond donors (Lipinski definition) is 1. The van der Waals surface area contributed by atoms with Gasteiger partial charge in [0, 0.05) is 24.2 Å². The highest BCUT2D eigenvalue weighted by molar-refractivity contribution is 7.92. The molecule has 0 bridgehead atoms. The van der Waals surface area contributed by atoms with Gasteiger partial charge in [-0.3, -0.25) is 9.10 Å². The lowest BCUT2D eigenvalue weighted by Crippen LogP contribution is -2.27. The van der Waals surface area contributed by atoms with Crippen molar-refractivity contribution < 1.29 is 13.2 Å². The van der Waals surface area contributed by atoms with E-state index in [1.807, 2.05) is 30.3 Å². The molecule has 0 spiro atoms. The summed E-state index contributed by atoms with van der Waals surface area (Å²) < 4.78 is 26.7. The Labute approximate surface area is 176 Å². The molecule has 0 aliphatic carbocycles. The molecule has 0 saturated heterocycles. The van der Waals surface area contributed by atoms with Crippen LogP contribution in [-0.2, 0) is 16.4 Å². The molecular weight excluding hydrogens is 408 g/mol. The van der Waals surface area contributed by atoms with Crippen LogP contribution in [0, 0.1) is 0 Å². The molecule has 1 amide bonds. The standard InChI is InChI=1S/C22H21ClN2O3S/c1-25(29(27,28)21-13-9-19(23)10-14-21)20-11-7-18(8-12-20)22(26)24-16-15-17-5-3-2-4-6-17/h2-14H,15-16H2,1H3,(H,24,26). The normalized spacial score (nSPS) is 11.1. The molecule has 0 atom stereocenters. The smallest absolute Gasteiger partial charge is 0.264 e. The number of halogens is 1. The summed E-state index contributed by atoms with van der Waals surface area (Å²) >= 11 is 5.83. The molecule has 5 nitrogen and oxygen atoms in total. The minimum Gasteiger partial charge on any atom is -0.352 e. The molecule has 150 valence electrons. The van der Waals surface area contributed by atoms with Crippen LogP contribution in [-0.4, -0.2) is 27.9 Å². The van der Waals surface area contributed by atoms with Crippen LogP contribution in [0.2, 0.25) is 5.02 Å². The minimum absolute atomic E-state index is 0.145. The van der Waals surface area contributed by atoms with E-state index in [1.54, 1.807) is 24.3 Å². The largest absolute Gasteiger partial charge is 0.352 e. The summed E-state index contributed by atoms with van der Waals surface area (Å²) in [6.07, 6.45) is 0.743. The van der Waals surface area contributed by atoms with E-state index >= 15 is 0 Å². The van der Waals surface area contributed by atoms with Crippen molar-refractivity contribution in [3.8, 4) is 0 Å². The third kappa shape index (κ3) is 5.16. The predicted molar refractivity (Wildman–Crippen MR) is 116 cm³/mol. The third-order valence-electron chi connectivity index (χ3n) is 4.51. The lowest BCUT2D eigenvalue weighted by molar-refractivity contribution is 0.0954. The first-order chi connectivity index (χ1) is 13.9. The summed E-state index contributed by atoms with van der Waals surface area (Å²) in [6.45, 7) is 0.523. The number of carbonyl (C=O) groups is 1. The summed E-state index contributed by atoms with van der Waals surface area (Å²) in [6, 6.07) is 22.3. The van der Waals surface area contributed by atoms with E-state index in [0.29, 0.717) is 22.8 Å². The zero-order chi connectivity index (χ0) is 20.9. The summed E-state index contributed by atoms with van der Waals surface area (Å²) in [5.74, 6) is -0.198. The summed E-state index contributed by atoms with van der Waals surface area (Å²) in [4.78, 5) is 12.5. The van der Waals surface area contributed by atoms with Crippen LogP contribution in [0.5, 0.6) is 0 Å². The number of rotatable bonds is 7. The van der Waals surface area contributed by atoms with Gasteiger partial charge in [0.25, 0.3) is 15.9 Å². The number of anilines is 1. The Kier molecular flexibility index (Phi) is 6.56. The molecular formula is C22H21ClN2O3S. The molecule has 1 N–H and O–H groups in total. The minimum atomic E-state index is -3.71. The van der Waals surface area contributed by atoms with Gasteiger partial charge in [-0.05, 0) is 60.5 Å². The van der Waals surface area contributed by atoms with Gasteiger partial charge in [-0.25, -0.2) is 8.42 Å². The number of nitrogens with zero attached hydrogens (tertiary/aromatic N) is 1. The Balaban J connectivity index is 1.64. The van der Waals surface area contributed by atoms with Gasteiger partial charge in [0.1, 0.15) is 0 Å². The fourth-order valence-electron chi connectivity index (χ4n) is 2.79. The quantitative estimate of drug-likeness (QED) is 0.615. The molecule has 29 heavy (non-hydrogen) atoms. The van der Waals surface area contributed by atoms with Crippen molar-refractivity contribution in [2.75, 3.05) is 17.9 Å². The van der Waals surface area contributed by atoms with E-state index in [4.69, 9.17) is 11.6 Å². The van der Waals surface area contributed by atoms with Gasteiger partial charge in [0.2, 0.25) is 0 Å². The van der Waals surface area contributed by atoms with E-state index in [0.717, 1.165) is 12.0 Å². The zero-order valence-corrected chi connectivity index (χ0v) is 17.5. The number of nitrogens with one attached hydrogen (secondary N) is 1. The van der Waals surface area contributed by atoms with Crippen molar-refractivity contribution in [2.24, 2.45) is 0 Å². The van der Waals surface area contributed by atoms with E-state index in [-0.39, 0.29) is 10.8 Å². The Morgan fingerprint density at radius 2 is 1.55 bits per heavy atom. The summed E-state index contributed by atoms with van der Waals surface area (Å²) in [7, 11) is -2.24. The molecule has 0 aliphatic heterocycles. The van der Waals surface area contributed by atoms with Crippen molar-refractivity contribution in [3.63, 3.8) is 0 Å². The Morgan fingerprint density at radius 3 is 2.17 bits per heavy atom. The number of sulfonamides is 1. The van der Waals surface area contributed by atoms with Gasteiger partial charge in [0.15, 0.2) is 0 Å². The average Bonchev–Trinajstić information content (AvgIpc) is 2.74. The van der Waals surface area contributed by atoms with Gasteiger partial charge in [0.05, 0.1) is 10.6 Å². The second-order valence-electron chi connectivity index (χ2n) is 6.46. The highest BCUT2D eigenvalue weighted by Gasteiger charge is 2.21. The summed E-state index contributed by atoms with van der Waals surface area (Å²) in [5, 5.41) is 3.34. The topological polar surface area (TPSA) is 66.5 Å². The van der Waals surface area contributed by atoms with E-state index in [1.165, 1.54) is 35.6 Å². The molecule has 0 aliphatic rings. The highest BCUT2D eigenvalue weighted by Crippen LogP contribution is 2.23. The van der Waals surface area contributed by atoms with Crippen molar-refractivity contribution in [3.05, 3.63) is 95.0 Å². The first-order valence-corrected chi connectivity index (χ1v) is 10.9. The SMILES string of the molecule is CN(c1ccc(C(=O)NCCc2ccccc2)cc1)S(=O)(=O)c1ccc(Cl)cc1. The van der Waals surface area contributed by atoms with E-state index in [9.17, 15) is 13.2 Å². The molecule has 0 saturated carbocycles. The highest BCUT2D eigenvalue weighted by atomic mass is 35.5. The summed E-state index contributed by atoms with van der Waals surface area (Å²) in [5.41, 5.74) is 2.08.